The lowest BCUT2D eigenvalue weighted by Gasteiger charge is -2.36. The summed E-state index contributed by atoms with van der Waals surface area (Å²) in [6.07, 6.45) is 0. The fourth-order valence-electron chi connectivity index (χ4n) is 3.96. The van der Waals surface area contributed by atoms with Gasteiger partial charge in [-0.3, -0.25) is 9.59 Å². The van der Waals surface area contributed by atoms with Crippen LogP contribution in [-0.4, -0.2) is 62.4 Å². The quantitative estimate of drug-likeness (QED) is 0.380. The lowest BCUT2D eigenvalue weighted by Crippen LogP contribution is -2.48. The highest BCUT2D eigenvalue weighted by Gasteiger charge is 2.24. The van der Waals surface area contributed by atoms with Gasteiger partial charge in [-0.1, -0.05) is 42.5 Å². The number of rotatable bonds is 8. The smallest absolute Gasteiger partial charge is 0.256 e. The van der Waals surface area contributed by atoms with Crippen LogP contribution in [-0.2, 0) is 4.74 Å². The Morgan fingerprint density at radius 2 is 1.50 bits per heavy atom. The summed E-state index contributed by atoms with van der Waals surface area (Å²) < 4.78 is 5.12. The molecule has 0 spiro atoms. The number of carbonyl (C=O) groups is 2. The fraction of sp³-hybridized carbons (Fsp3) is 0.259. The lowest BCUT2D eigenvalue weighted by atomic mass is 10.1. The minimum absolute atomic E-state index is 0.0635. The molecule has 0 saturated carbocycles. The molecule has 0 atom stereocenters. The molecule has 0 unspecified atom stereocenters. The van der Waals surface area contributed by atoms with Crippen LogP contribution >= 0.6 is 11.8 Å². The first-order valence-electron chi connectivity index (χ1n) is 11.4. The number of anilines is 2. The molecule has 1 fully saturated rings. The van der Waals surface area contributed by atoms with Gasteiger partial charge in [-0.25, -0.2) is 0 Å². The number of ether oxygens (including phenoxy) is 1. The van der Waals surface area contributed by atoms with Gasteiger partial charge >= 0.3 is 0 Å². The number of nitrogens with one attached hydrogen (secondary N) is 1. The normalized spacial score (nSPS) is 13.6. The van der Waals surface area contributed by atoms with Crippen LogP contribution < -0.4 is 10.2 Å². The summed E-state index contributed by atoms with van der Waals surface area (Å²) in [5.74, 6) is 0.464. The Kier molecular flexibility index (Phi) is 8.22. The van der Waals surface area contributed by atoms with Gasteiger partial charge in [-0.15, -0.1) is 11.8 Å². The van der Waals surface area contributed by atoms with E-state index in [1.807, 2.05) is 53.4 Å². The molecular formula is C27H29N3O3S. The SMILES string of the molecule is COCCSc1ccccc1C(=O)Nc1ccccc1C(=O)N1CCN(c2ccccc2)CC1. The summed E-state index contributed by atoms with van der Waals surface area (Å²) in [4.78, 5) is 31.5. The Hall–Kier alpha value is -3.29. The predicted molar refractivity (Wildman–Crippen MR) is 138 cm³/mol. The van der Waals surface area contributed by atoms with Crippen molar-refractivity contribution in [3.63, 3.8) is 0 Å². The van der Waals surface area contributed by atoms with Crippen LogP contribution in [0.5, 0.6) is 0 Å². The molecule has 1 heterocycles. The van der Waals surface area contributed by atoms with Gasteiger partial charge in [0.25, 0.3) is 11.8 Å². The molecule has 2 amide bonds. The van der Waals surface area contributed by atoms with Crippen LogP contribution in [0.4, 0.5) is 11.4 Å². The molecule has 6 nitrogen and oxygen atoms in total. The molecule has 34 heavy (non-hydrogen) atoms. The van der Waals surface area contributed by atoms with Gasteiger partial charge in [-0.2, -0.15) is 0 Å². The second-order valence-electron chi connectivity index (χ2n) is 7.95. The maximum atomic E-state index is 13.4. The highest BCUT2D eigenvalue weighted by atomic mass is 32.2. The molecule has 0 aromatic heterocycles. The van der Waals surface area contributed by atoms with Crippen molar-refractivity contribution in [3.05, 3.63) is 90.0 Å². The standard InChI is InChI=1S/C27H29N3O3S/c1-33-19-20-34-25-14-8-6-12-23(25)26(31)28-24-13-7-5-11-22(24)27(32)30-17-15-29(16-18-30)21-9-3-2-4-10-21/h2-14H,15-20H2,1H3,(H,28,31). The number of benzene rings is 3. The van der Waals surface area contributed by atoms with Crippen molar-refractivity contribution in [1.29, 1.82) is 0 Å². The topological polar surface area (TPSA) is 61.9 Å². The molecule has 0 aliphatic carbocycles. The number of piperazine rings is 1. The third-order valence-electron chi connectivity index (χ3n) is 5.77. The fourth-order valence-corrected chi connectivity index (χ4v) is 4.92. The number of nitrogens with zero attached hydrogens (tertiary/aromatic N) is 2. The maximum absolute atomic E-state index is 13.4. The van der Waals surface area contributed by atoms with Gasteiger partial charge in [0.1, 0.15) is 0 Å². The van der Waals surface area contributed by atoms with E-state index < -0.39 is 0 Å². The molecule has 3 aromatic rings. The largest absolute Gasteiger partial charge is 0.384 e. The van der Waals surface area contributed by atoms with Crippen molar-refractivity contribution in [2.24, 2.45) is 0 Å². The van der Waals surface area contributed by atoms with Crippen molar-refractivity contribution in [3.8, 4) is 0 Å². The summed E-state index contributed by atoms with van der Waals surface area (Å²) in [5.41, 5.74) is 2.79. The number of hydrogen-bond acceptors (Lipinski definition) is 5. The molecule has 7 heteroatoms. The number of methoxy groups -OCH3 is 1. The molecule has 3 aromatic carbocycles. The van der Waals surface area contributed by atoms with Crippen molar-refractivity contribution < 1.29 is 14.3 Å². The Balaban J connectivity index is 1.44. The van der Waals surface area contributed by atoms with Gasteiger partial charge in [0.2, 0.25) is 0 Å². The van der Waals surface area contributed by atoms with Gasteiger partial charge in [0, 0.05) is 49.6 Å². The van der Waals surface area contributed by atoms with E-state index in [1.165, 1.54) is 5.69 Å². The maximum Gasteiger partial charge on any atom is 0.256 e. The summed E-state index contributed by atoms with van der Waals surface area (Å²) in [5, 5.41) is 2.97. The van der Waals surface area contributed by atoms with Crippen LogP contribution in [0.25, 0.3) is 0 Å². The van der Waals surface area contributed by atoms with E-state index in [2.05, 4.69) is 22.3 Å². The first kappa shape index (κ1) is 23.9. The number of amides is 2. The van der Waals surface area contributed by atoms with Gasteiger partial charge in [0.05, 0.1) is 23.4 Å². The first-order valence-corrected chi connectivity index (χ1v) is 12.4. The van der Waals surface area contributed by atoms with Crippen molar-refractivity contribution in [2.75, 3.05) is 55.9 Å². The Bertz CT molecular complexity index is 1110. The Labute approximate surface area is 204 Å². The zero-order valence-corrected chi connectivity index (χ0v) is 20.1. The summed E-state index contributed by atoms with van der Waals surface area (Å²) in [6.45, 7) is 3.42. The van der Waals surface area contributed by atoms with E-state index in [9.17, 15) is 9.59 Å². The number of thioether (sulfide) groups is 1. The van der Waals surface area contributed by atoms with E-state index >= 15 is 0 Å². The second kappa shape index (κ2) is 11.7. The highest BCUT2D eigenvalue weighted by Crippen LogP contribution is 2.25. The Morgan fingerprint density at radius 3 is 2.24 bits per heavy atom. The van der Waals surface area contributed by atoms with E-state index in [4.69, 9.17) is 4.74 Å². The molecule has 1 saturated heterocycles. The molecule has 1 N–H and O–H groups in total. The molecule has 1 aliphatic rings. The van der Waals surface area contributed by atoms with Gasteiger partial charge < -0.3 is 19.9 Å². The zero-order valence-electron chi connectivity index (χ0n) is 19.3. The van der Waals surface area contributed by atoms with Gasteiger partial charge in [-0.05, 0) is 36.4 Å². The van der Waals surface area contributed by atoms with Crippen LogP contribution in [0.3, 0.4) is 0 Å². The number of para-hydroxylation sites is 2. The molecule has 0 radical (unpaired) electrons. The molecule has 1 aliphatic heterocycles. The highest BCUT2D eigenvalue weighted by molar-refractivity contribution is 7.99. The minimum Gasteiger partial charge on any atom is -0.384 e. The molecule has 176 valence electrons. The predicted octanol–water partition coefficient (Wildman–Crippen LogP) is 4.64. The first-order chi connectivity index (χ1) is 16.7. The van der Waals surface area contributed by atoms with E-state index in [1.54, 1.807) is 37.1 Å². The van der Waals surface area contributed by atoms with Crippen LogP contribution in [0, 0.1) is 0 Å². The molecular weight excluding hydrogens is 446 g/mol. The third-order valence-corrected chi connectivity index (χ3v) is 6.81. The summed E-state index contributed by atoms with van der Waals surface area (Å²) in [7, 11) is 1.66. The second-order valence-corrected chi connectivity index (χ2v) is 9.09. The van der Waals surface area contributed by atoms with E-state index in [0.29, 0.717) is 36.5 Å². The van der Waals surface area contributed by atoms with E-state index in [-0.39, 0.29) is 11.8 Å². The average molecular weight is 476 g/mol. The number of hydrogen-bond donors (Lipinski definition) is 1. The van der Waals surface area contributed by atoms with Crippen molar-refractivity contribution >= 4 is 35.0 Å². The monoisotopic (exact) mass is 475 g/mol. The van der Waals surface area contributed by atoms with E-state index in [0.717, 1.165) is 23.7 Å². The van der Waals surface area contributed by atoms with Crippen LogP contribution in [0.2, 0.25) is 0 Å². The van der Waals surface area contributed by atoms with Crippen molar-refractivity contribution in [2.45, 2.75) is 4.90 Å². The lowest BCUT2D eigenvalue weighted by molar-refractivity contribution is 0.0748. The van der Waals surface area contributed by atoms with Crippen LogP contribution in [0.15, 0.2) is 83.8 Å². The Morgan fingerprint density at radius 1 is 0.853 bits per heavy atom. The molecule has 4 rings (SSSR count). The third kappa shape index (κ3) is 5.79. The summed E-state index contributed by atoms with van der Waals surface area (Å²) >= 11 is 1.58. The van der Waals surface area contributed by atoms with Gasteiger partial charge in [0.15, 0.2) is 0 Å². The molecule has 0 bridgehead atoms. The van der Waals surface area contributed by atoms with Crippen molar-refractivity contribution in [1.82, 2.24) is 4.90 Å². The number of carbonyl (C=O) groups excluding carboxylic acids is 2. The minimum atomic E-state index is -0.227. The zero-order chi connectivity index (χ0) is 23.8. The summed E-state index contributed by atoms with van der Waals surface area (Å²) in [6, 6.07) is 25.0. The average Bonchev–Trinajstić information content (AvgIpc) is 2.89. The van der Waals surface area contributed by atoms with Crippen LogP contribution in [0.1, 0.15) is 20.7 Å².